The summed E-state index contributed by atoms with van der Waals surface area (Å²) in [6, 6.07) is 2.56. The number of alkyl halides is 3. The van der Waals surface area contributed by atoms with Gasteiger partial charge in [-0.1, -0.05) is 0 Å². The summed E-state index contributed by atoms with van der Waals surface area (Å²) in [6.07, 6.45) is -4.04. The monoisotopic (exact) mass is 309 g/mol. The van der Waals surface area contributed by atoms with E-state index in [0.29, 0.717) is 17.3 Å². The lowest BCUT2D eigenvalue weighted by molar-refractivity contribution is -0.385. The molecule has 0 N–H and O–H groups in total. The Kier molecular flexibility index (Phi) is 3.16. The molecule has 20 heavy (non-hydrogen) atoms. The highest BCUT2D eigenvalue weighted by Crippen LogP contribution is 2.34. The molecular formula is C9H6F3N3O4S. The highest BCUT2D eigenvalue weighted by atomic mass is 32.2. The predicted octanol–water partition coefficient (Wildman–Crippen LogP) is 1.69. The predicted molar refractivity (Wildman–Crippen MR) is 62.2 cm³/mol. The molecule has 0 radical (unpaired) electrons. The Morgan fingerprint density at radius 3 is 2.55 bits per heavy atom. The Morgan fingerprint density at radius 1 is 1.35 bits per heavy atom. The first-order valence-electron chi connectivity index (χ1n) is 5.02. The van der Waals surface area contributed by atoms with Crippen molar-refractivity contribution in [3.05, 3.63) is 28.3 Å². The lowest BCUT2D eigenvalue weighted by atomic mass is 10.2. The second-order valence-electron chi connectivity index (χ2n) is 3.85. The van der Waals surface area contributed by atoms with Gasteiger partial charge in [-0.25, -0.2) is 0 Å². The summed E-state index contributed by atoms with van der Waals surface area (Å²) in [5.41, 5.74) is -0.848. The smallest absolute Gasteiger partial charge is 0.321 e. The van der Waals surface area contributed by atoms with Crippen molar-refractivity contribution in [2.75, 3.05) is 11.4 Å². The van der Waals surface area contributed by atoms with Gasteiger partial charge >= 0.3 is 6.18 Å². The number of halogens is 3. The summed E-state index contributed by atoms with van der Waals surface area (Å²) in [7, 11) is -4.23. The lowest BCUT2D eigenvalue weighted by Gasteiger charge is -2.25. The zero-order valence-electron chi connectivity index (χ0n) is 9.53. The highest BCUT2D eigenvalue weighted by Gasteiger charge is 2.35. The molecule has 0 bridgehead atoms. The van der Waals surface area contributed by atoms with Gasteiger partial charge in [-0.15, -0.1) is 4.40 Å². The van der Waals surface area contributed by atoms with Crippen LogP contribution in [0.25, 0.3) is 0 Å². The third-order valence-electron chi connectivity index (χ3n) is 2.42. The quantitative estimate of drug-likeness (QED) is 0.612. The normalized spacial score (nSPS) is 16.9. The summed E-state index contributed by atoms with van der Waals surface area (Å²) in [5, 5.41) is 10.6. The largest absolute Gasteiger partial charge is 0.406 e. The van der Waals surface area contributed by atoms with E-state index >= 15 is 0 Å². The fourth-order valence-electron chi connectivity index (χ4n) is 1.62. The van der Waals surface area contributed by atoms with Gasteiger partial charge in [0.15, 0.2) is 0 Å². The Labute approximate surface area is 110 Å². The highest BCUT2D eigenvalue weighted by molar-refractivity contribution is 7.90. The van der Waals surface area contributed by atoms with Crippen molar-refractivity contribution in [1.82, 2.24) is 0 Å². The van der Waals surface area contributed by atoms with Gasteiger partial charge in [0.25, 0.3) is 15.7 Å². The standard InChI is InChI=1S/C9H6F3N3O4S/c10-9(11,12)4-14-5-13-20(18,19)8-3-6(15(16)17)1-2-7(8)14/h1-3,5H,4H2. The van der Waals surface area contributed by atoms with E-state index in [-0.39, 0.29) is 5.69 Å². The second-order valence-corrected chi connectivity index (χ2v) is 5.45. The molecule has 1 aliphatic heterocycles. The molecule has 1 aromatic rings. The number of rotatable bonds is 2. The number of sulfonamides is 1. The average Bonchev–Trinajstić information content (AvgIpc) is 2.31. The van der Waals surface area contributed by atoms with Crippen molar-refractivity contribution < 1.29 is 26.5 Å². The molecule has 0 aliphatic carbocycles. The van der Waals surface area contributed by atoms with Crippen LogP contribution in [0.4, 0.5) is 24.5 Å². The lowest BCUT2D eigenvalue weighted by Crippen LogP contribution is -2.36. The molecule has 1 aromatic carbocycles. The van der Waals surface area contributed by atoms with Crippen LogP contribution in [0.5, 0.6) is 0 Å². The number of non-ortho nitro benzene ring substituents is 1. The third kappa shape index (κ3) is 2.71. The van der Waals surface area contributed by atoms with Crippen LogP contribution in [0, 0.1) is 10.1 Å². The van der Waals surface area contributed by atoms with Crippen LogP contribution in [0.2, 0.25) is 0 Å². The van der Waals surface area contributed by atoms with E-state index in [4.69, 9.17) is 0 Å². The molecule has 108 valence electrons. The number of anilines is 1. The number of benzene rings is 1. The molecule has 0 unspecified atom stereocenters. The van der Waals surface area contributed by atoms with Crippen LogP contribution < -0.4 is 4.90 Å². The number of hydrogen-bond acceptors (Lipinski definition) is 5. The number of nitrogens with zero attached hydrogens (tertiary/aromatic N) is 3. The maximum atomic E-state index is 12.4. The van der Waals surface area contributed by atoms with E-state index in [1.165, 1.54) is 0 Å². The summed E-state index contributed by atoms with van der Waals surface area (Å²) >= 11 is 0. The minimum Gasteiger partial charge on any atom is -0.321 e. The molecule has 2 rings (SSSR count). The van der Waals surface area contributed by atoms with Gasteiger partial charge in [-0.3, -0.25) is 10.1 Å². The average molecular weight is 309 g/mol. The summed E-state index contributed by atoms with van der Waals surface area (Å²) in [5.74, 6) is 0. The SMILES string of the molecule is O=[N+]([O-])c1ccc2c(c1)S(=O)(=O)N=CN2CC(F)(F)F. The zero-order valence-corrected chi connectivity index (χ0v) is 10.3. The molecular weight excluding hydrogens is 303 g/mol. The van der Waals surface area contributed by atoms with Crippen LogP contribution in [-0.4, -0.2) is 32.4 Å². The molecule has 0 amide bonds. The molecule has 7 nitrogen and oxygen atoms in total. The van der Waals surface area contributed by atoms with Crippen molar-refractivity contribution in [2.24, 2.45) is 4.40 Å². The van der Waals surface area contributed by atoms with E-state index in [0.717, 1.165) is 12.1 Å². The van der Waals surface area contributed by atoms with Gasteiger partial charge in [-0.05, 0) is 6.07 Å². The molecule has 11 heteroatoms. The maximum absolute atomic E-state index is 12.4. The fraction of sp³-hybridized carbons (Fsp3) is 0.222. The van der Waals surface area contributed by atoms with E-state index in [2.05, 4.69) is 4.40 Å². The number of nitro benzene ring substituents is 1. The second kappa shape index (κ2) is 4.44. The Bertz CT molecular complexity index is 699. The van der Waals surface area contributed by atoms with E-state index < -0.39 is 38.3 Å². The van der Waals surface area contributed by atoms with Crippen molar-refractivity contribution in [2.45, 2.75) is 11.1 Å². The molecule has 0 saturated carbocycles. The zero-order chi connectivity index (χ0) is 15.1. The molecule has 0 saturated heterocycles. The number of hydrogen-bond donors (Lipinski definition) is 0. The van der Waals surface area contributed by atoms with Crippen molar-refractivity contribution in [1.29, 1.82) is 0 Å². The molecule has 0 fully saturated rings. The van der Waals surface area contributed by atoms with Gasteiger partial charge in [0.1, 0.15) is 17.8 Å². The molecule has 1 heterocycles. The van der Waals surface area contributed by atoms with Crippen LogP contribution >= 0.6 is 0 Å². The van der Waals surface area contributed by atoms with Gasteiger partial charge in [0, 0.05) is 12.1 Å². The summed E-state index contributed by atoms with van der Waals surface area (Å²) in [4.78, 5) is 9.68. The number of nitro groups is 1. The van der Waals surface area contributed by atoms with Crippen molar-refractivity contribution >= 4 is 27.7 Å². The first kappa shape index (κ1) is 14.2. The van der Waals surface area contributed by atoms with Gasteiger partial charge < -0.3 is 4.90 Å². The minimum atomic E-state index is -4.58. The van der Waals surface area contributed by atoms with Crippen LogP contribution in [0.15, 0.2) is 27.5 Å². The van der Waals surface area contributed by atoms with Gasteiger partial charge in [-0.2, -0.15) is 21.6 Å². The molecule has 0 aromatic heterocycles. The third-order valence-corrected chi connectivity index (χ3v) is 3.67. The topological polar surface area (TPSA) is 92.9 Å². The Hall–Kier alpha value is -2.17. The number of fused-ring (bicyclic) bond motifs is 1. The van der Waals surface area contributed by atoms with Crippen molar-refractivity contribution in [3.8, 4) is 0 Å². The Morgan fingerprint density at radius 2 is 2.00 bits per heavy atom. The molecule has 1 aliphatic rings. The maximum Gasteiger partial charge on any atom is 0.406 e. The van der Waals surface area contributed by atoms with E-state index in [1.54, 1.807) is 0 Å². The summed E-state index contributed by atoms with van der Waals surface area (Å²) in [6.45, 7) is -1.45. The van der Waals surface area contributed by atoms with Gasteiger partial charge in [0.05, 0.1) is 10.6 Å². The Balaban J connectivity index is 2.55. The van der Waals surface area contributed by atoms with Crippen LogP contribution in [0.1, 0.15) is 0 Å². The van der Waals surface area contributed by atoms with E-state index in [1.807, 2.05) is 0 Å². The van der Waals surface area contributed by atoms with Gasteiger partial charge in [0.2, 0.25) is 0 Å². The first-order valence-corrected chi connectivity index (χ1v) is 6.46. The van der Waals surface area contributed by atoms with Crippen LogP contribution in [0.3, 0.4) is 0 Å². The van der Waals surface area contributed by atoms with E-state index in [9.17, 15) is 31.7 Å². The first-order chi connectivity index (χ1) is 9.10. The molecule has 0 atom stereocenters. The minimum absolute atomic E-state index is 0.303. The van der Waals surface area contributed by atoms with Crippen LogP contribution in [-0.2, 0) is 10.0 Å². The fourth-order valence-corrected chi connectivity index (χ4v) is 2.69. The summed E-state index contributed by atoms with van der Waals surface area (Å²) < 4.78 is 63.4. The molecule has 0 spiro atoms. The van der Waals surface area contributed by atoms with Crippen molar-refractivity contribution in [3.63, 3.8) is 0 Å².